The molecule has 240 valence electrons. The average molecular weight is 575 g/mol. The van der Waals surface area contributed by atoms with Crippen LogP contribution < -0.4 is 10.6 Å². The predicted molar refractivity (Wildman–Crippen MR) is 166 cm³/mol. The van der Waals surface area contributed by atoms with Gasteiger partial charge in [-0.1, -0.05) is 117 Å². The van der Waals surface area contributed by atoms with E-state index in [1.165, 1.54) is 103 Å². The number of rotatable bonds is 30. The molecule has 8 nitrogen and oxygen atoms in total. The summed E-state index contributed by atoms with van der Waals surface area (Å²) in [5.74, 6) is -2.15. The molecule has 0 spiro atoms. The van der Waals surface area contributed by atoms with E-state index >= 15 is 0 Å². The molecule has 0 aliphatic carbocycles. The van der Waals surface area contributed by atoms with Gasteiger partial charge in [-0.15, -0.1) is 0 Å². The van der Waals surface area contributed by atoms with E-state index in [-0.39, 0.29) is 25.0 Å². The smallest absolute Gasteiger partial charge is 0.303 e. The van der Waals surface area contributed by atoms with Gasteiger partial charge < -0.3 is 31.1 Å². The van der Waals surface area contributed by atoms with Crippen molar-refractivity contribution >= 4 is 11.9 Å². The fourth-order valence-electron chi connectivity index (χ4n) is 4.48. The minimum atomic E-state index is -1.08. The Morgan fingerprint density at radius 2 is 0.800 bits per heavy atom. The number of aliphatic carboxylic acids is 2. The lowest BCUT2D eigenvalue weighted by atomic mass is 10.1. The maximum Gasteiger partial charge on any atom is 0.303 e. The second-order valence-electron chi connectivity index (χ2n) is 11.2. The van der Waals surface area contributed by atoms with Gasteiger partial charge in [-0.3, -0.25) is 9.59 Å². The Morgan fingerprint density at radius 3 is 1.12 bits per heavy atom. The van der Waals surface area contributed by atoms with Gasteiger partial charge in [0.1, 0.15) is 0 Å². The maximum atomic E-state index is 10.1. The van der Waals surface area contributed by atoms with E-state index in [2.05, 4.69) is 24.5 Å². The Kier molecular flexibility index (Phi) is 34.8. The number of carboxylic acids is 2. The van der Waals surface area contributed by atoms with E-state index in [0.717, 1.165) is 51.9 Å². The molecule has 6 N–H and O–H groups in total. The highest BCUT2D eigenvalue weighted by Gasteiger charge is 2.04. The van der Waals surface area contributed by atoms with E-state index in [1.54, 1.807) is 0 Å². The molecule has 0 aromatic carbocycles. The molecule has 0 saturated carbocycles. The van der Waals surface area contributed by atoms with E-state index in [1.807, 2.05) is 0 Å². The SMILES string of the molecule is CCCCCCCCCC(O)CNCCCCCCNCC(O)CCCCCCCCC.O=C(O)CCC(=O)O. The van der Waals surface area contributed by atoms with Crippen molar-refractivity contribution in [1.82, 2.24) is 10.6 Å². The van der Waals surface area contributed by atoms with Gasteiger partial charge in [-0.05, 0) is 38.8 Å². The van der Waals surface area contributed by atoms with Crippen molar-refractivity contribution in [3.05, 3.63) is 0 Å². The molecule has 0 aromatic rings. The molecule has 0 radical (unpaired) electrons. The third-order valence-corrected chi connectivity index (χ3v) is 7.05. The summed E-state index contributed by atoms with van der Waals surface area (Å²) in [4.78, 5) is 19.3. The number of carboxylic acid groups (broad SMARTS) is 2. The van der Waals surface area contributed by atoms with E-state index < -0.39 is 11.9 Å². The van der Waals surface area contributed by atoms with Crippen molar-refractivity contribution in [3.8, 4) is 0 Å². The van der Waals surface area contributed by atoms with Crippen LogP contribution in [-0.2, 0) is 9.59 Å². The Labute approximate surface area is 246 Å². The summed E-state index contributed by atoms with van der Waals surface area (Å²) in [6.45, 7) is 8.03. The summed E-state index contributed by atoms with van der Waals surface area (Å²) in [5.41, 5.74) is 0. The number of aliphatic hydroxyl groups excluding tert-OH is 2. The van der Waals surface area contributed by atoms with Crippen LogP contribution in [0.25, 0.3) is 0 Å². The Bertz CT molecular complexity index is 490. The second-order valence-corrected chi connectivity index (χ2v) is 11.2. The van der Waals surface area contributed by atoms with Crippen LogP contribution in [0.1, 0.15) is 155 Å². The van der Waals surface area contributed by atoms with Gasteiger partial charge >= 0.3 is 11.9 Å². The van der Waals surface area contributed by atoms with E-state index in [4.69, 9.17) is 10.2 Å². The van der Waals surface area contributed by atoms with Crippen molar-refractivity contribution in [3.63, 3.8) is 0 Å². The lowest BCUT2D eigenvalue weighted by Crippen LogP contribution is -2.28. The van der Waals surface area contributed by atoms with Crippen LogP contribution in [-0.4, -0.2) is 70.8 Å². The fourth-order valence-corrected chi connectivity index (χ4v) is 4.48. The van der Waals surface area contributed by atoms with Gasteiger partial charge in [0.2, 0.25) is 0 Å². The topological polar surface area (TPSA) is 139 Å². The first kappa shape index (κ1) is 40.9. The first-order valence-electron chi connectivity index (χ1n) is 16.5. The number of aliphatic hydroxyl groups is 2. The Morgan fingerprint density at radius 1 is 0.500 bits per heavy atom. The van der Waals surface area contributed by atoms with Gasteiger partial charge in [-0.2, -0.15) is 0 Å². The summed E-state index contributed by atoms with van der Waals surface area (Å²) >= 11 is 0. The van der Waals surface area contributed by atoms with Gasteiger partial charge in [-0.25, -0.2) is 0 Å². The molecule has 0 rings (SSSR count). The fraction of sp³-hybridized carbons (Fsp3) is 0.938. The molecule has 8 heteroatoms. The van der Waals surface area contributed by atoms with Crippen molar-refractivity contribution in [2.45, 2.75) is 167 Å². The van der Waals surface area contributed by atoms with Crippen LogP contribution >= 0.6 is 0 Å². The molecule has 0 saturated heterocycles. The van der Waals surface area contributed by atoms with Crippen LogP contribution in [0.5, 0.6) is 0 Å². The zero-order valence-corrected chi connectivity index (χ0v) is 26.1. The van der Waals surface area contributed by atoms with Gasteiger partial charge in [0.05, 0.1) is 25.0 Å². The molecule has 0 bridgehead atoms. The molecular weight excluding hydrogens is 508 g/mol. The largest absolute Gasteiger partial charge is 0.481 e. The molecule has 0 aliphatic rings. The first-order chi connectivity index (χ1) is 19.3. The number of carbonyl (C=O) groups is 2. The van der Waals surface area contributed by atoms with Crippen LogP contribution in [0.15, 0.2) is 0 Å². The zero-order valence-electron chi connectivity index (χ0n) is 26.1. The highest BCUT2D eigenvalue weighted by Crippen LogP contribution is 2.10. The standard InChI is InChI=1S/C28H60N2O2.C4H6O4/c1-3-5-7-9-11-13-17-21-27(31)25-29-23-19-15-16-20-24-30-26-28(32)22-18-14-12-10-8-6-4-2;5-3(6)1-2-4(7)8/h27-32H,3-26H2,1-2H3;1-2H2,(H,5,6)(H,7,8). The third kappa shape index (κ3) is 38.9. The first-order valence-corrected chi connectivity index (χ1v) is 16.5. The molecular formula is C32H66N2O6. The Hall–Kier alpha value is -1.22. The Balaban J connectivity index is 0. The molecule has 0 amide bonds. The van der Waals surface area contributed by atoms with Gasteiger partial charge in [0, 0.05) is 13.1 Å². The van der Waals surface area contributed by atoms with Crippen molar-refractivity contribution in [2.24, 2.45) is 0 Å². The summed E-state index contributed by atoms with van der Waals surface area (Å²) < 4.78 is 0. The third-order valence-electron chi connectivity index (χ3n) is 7.05. The molecule has 0 aliphatic heterocycles. The summed E-state index contributed by atoms with van der Waals surface area (Å²) in [5, 5.41) is 42.7. The number of hydrogen-bond acceptors (Lipinski definition) is 6. The minimum absolute atomic E-state index is 0.178. The molecule has 40 heavy (non-hydrogen) atoms. The summed E-state index contributed by atoms with van der Waals surface area (Å²) in [6, 6.07) is 0. The van der Waals surface area contributed by atoms with Crippen LogP contribution in [0.3, 0.4) is 0 Å². The van der Waals surface area contributed by atoms with E-state index in [0.29, 0.717) is 0 Å². The highest BCUT2D eigenvalue weighted by atomic mass is 16.4. The molecule has 0 heterocycles. The number of unbranched alkanes of at least 4 members (excludes halogenated alkanes) is 15. The minimum Gasteiger partial charge on any atom is -0.481 e. The quantitative estimate of drug-likeness (QED) is 0.0523. The van der Waals surface area contributed by atoms with E-state index in [9.17, 15) is 19.8 Å². The predicted octanol–water partition coefficient (Wildman–Crippen LogP) is 6.67. The van der Waals surface area contributed by atoms with Gasteiger partial charge in [0.15, 0.2) is 0 Å². The molecule has 2 atom stereocenters. The normalized spacial score (nSPS) is 12.5. The lowest BCUT2D eigenvalue weighted by molar-refractivity contribution is -0.143. The summed E-state index contributed by atoms with van der Waals surface area (Å²) in [7, 11) is 0. The number of hydrogen-bond donors (Lipinski definition) is 6. The van der Waals surface area contributed by atoms with Crippen molar-refractivity contribution < 1.29 is 30.0 Å². The lowest BCUT2D eigenvalue weighted by Gasteiger charge is -2.12. The van der Waals surface area contributed by atoms with Crippen LogP contribution in [0.4, 0.5) is 0 Å². The van der Waals surface area contributed by atoms with Gasteiger partial charge in [0.25, 0.3) is 0 Å². The van der Waals surface area contributed by atoms with Crippen molar-refractivity contribution in [1.29, 1.82) is 0 Å². The number of nitrogens with one attached hydrogen (secondary N) is 2. The van der Waals surface area contributed by atoms with Crippen LogP contribution in [0, 0.1) is 0 Å². The zero-order chi connectivity index (χ0) is 30.1. The van der Waals surface area contributed by atoms with Crippen LogP contribution in [0.2, 0.25) is 0 Å². The second kappa shape index (κ2) is 34.0. The molecule has 2 unspecified atom stereocenters. The molecule has 0 fully saturated rings. The maximum absolute atomic E-state index is 10.1. The molecule has 0 aromatic heterocycles. The highest BCUT2D eigenvalue weighted by molar-refractivity contribution is 5.75. The average Bonchev–Trinajstić information content (AvgIpc) is 2.92. The van der Waals surface area contributed by atoms with Crippen molar-refractivity contribution in [2.75, 3.05) is 26.2 Å². The summed E-state index contributed by atoms with van der Waals surface area (Å²) in [6.07, 6.45) is 24.1. The monoisotopic (exact) mass is 574 g/mol.